The van der Waals surface area contributed by atoms with Crippen molar-refractivity contribution >= 4 is 59.8 Å². The van der Waals surface area contributed by atoms with Crippen LogP contribution in [0.1, 0.15) is 63.1 Å². The van der Waals surface area contributed by atoms with Gasteiger partial charge in [0.1, 0.15) is 7.05 Å². The molecule has 1 saturated carbocycles. The molecular weight excluding hydrogens is 484 g/mol. The van der Waals surface area contributed by atoms with E-state index in [2.05, 4.69) is 111 Å². The van der Waals surface area contributed by atoms with Gasteiger partial charge in [-0.1, -0.05) is 82.9 Å². The smallest absolute Gasteiger partial charge is 0.224 e. The Morgan fingerprint density at radius 2 is 1.57 bits per heavy atom. The fourth-order valence-corrected chi connectivity index (χ4v) is 8.14. The van der Waals surface area contributed by atoms with Crippen LogP contribution in [0, 0.1) is 18.3 Å². The summed E-state index contributed by atoms with van der Waals surface area (Å²) in [7, 11) is 2.23. The van der Waals surface area contributed by atoms with E-state index in [-0.39, 0.29) is 5.41 Å². The topological polar surface area (TPSA) is 8.29 Å². The Morgan fingerprint density at radius 3 is 2.35 bits per heavy atom. The molecule has 0 spiro atoms. The van der Waals surface area contributed by atoms with Gasteiger partial charge in [0.15, 0.2) is 6.20 Å². The van der Waals surface area contributed by atoms with E-state index in [1.165, 1.54) is 109 Å². The summed E-state index contributed by atoms with van der Waals surface area (Å²) >= 11 is 0. The molecule has 1 aliphatic carbocycles. The van der Waals surface area contributed by atoms with Gasteiger partial charge in [-0.15, -0.1) is 0 Å². The quantitative estimate of drug-likeness (QED) is 0.124. The van der Waals surface area contributed by atoms with Crippen molar-refractivity contribution in [1.29, 1.82) is 0 Å². The summed E-state index contributed by atoms with van der Waals surface area (Å²) in [6, 6.07) is 23.7. The van der Waals surface area contributed by atoms with Gasteiger partial charge >= 0.3 is 0 Å². The van der Waals surface area contributed by atoms with Gasteiger partial charge in [0.2, 0.25) is 5.52 Å². The van der Waals surface area contributed by atoms with Crippen molar-refractivity contribution in [3.8, 4) is 0 Å². The van der Waals surface area contributed by atoms with E-state index in [0.717, 1.165) is 12.3 Å². The fraction of sp³-hybridized carbons (Fsp3) is 0.342. The van der Waals surface area contributed by atoms with Crippen molar-refractivity contribution in [3.05, 3.63) is 83.6 Å². The zero-order valence-corrected chi connectivity index (χ0v) is 24.6. The lowest BCUT2D eigenvalue weighted by Crippen LogP contribution is -2.29. The van der Waals surface area contributed by atoms with Crippen LogP contribution < -0.4 is 4.57 Å². The standard InChI is InChI=1S/C38H39N2/c1-23-28-12-8-9-13-29(28)35-30-20-25(22-38(2,3)4)14-15-31(30)40-32-21-26(18-24-10-6-7-11-24)19-27-16-17-39(5)36(34(27)32)33(23)37(35)40/h8-9,12-17,19-21,24H,6-7,10-11,18,22H2,1-5H3/q+1. The summed E-state index contributed by atoms with van der Waals surface area (Å²) in [5.74, 6) is 0.826. The number of nitrogens with zero attached hydrogens (tertiary/aromatic N) is 2. The van der Waals surface area contributed by atoms with Gasteiger partial charge in [0, 0.05) is 16.8 Å². The summed E-state index contributed by atoms with van der Waals surface area (Å²) in [5, 5.41) is 9.69. The Bertz CT molecular complexity index is 2110. The van der Waals surface area contributed by atoms with Crippen LogP contribution in [0.25, 0.3) is 59.8 Å². The first-order valence-electron chi connectivity index (χ1n) is 15.2. The van der Waals surface area contributed by atoms with E-state index in [4.69, 9.17) is 0 Å². The number of aromatic nitrogens is 2. The molecule has 0 radical (unpaired) electrons. The van der Waals surface area contributed by atoms with Crippen LogP contribution in [0.5, 0.6) is 0 Å². The largest absolute Gasteiger partial charge is 0.307 e. The number of hydrogen-bond donors (Lipinski definition) is 0. The zero-order chi connectivity index (χ0) is 27.3. The maximum atomic E-state index is 2.63. The number of benzene rings is 4. The van der Waals surface area contributed by atoms with Gasteiger partial charge < -0.3 is 4.40 Å². The molecule has 40 heavy (non-hydrogen) atoms. The molecule has 0 bridgehead atoms. The van der Waals surface area contributed by atoms with Crippen molar-refractivity contribution in [2.75, 3.05) is 0 Å². The first kappa shape index (κ1) is 24.2. The van der Waals surface area contributed by atoms with Gasteiger partial charge in [-0.3, -0.25) is 0 Å². The third kappa shape index (κ3) is 3.44. The van der Waals surface area contributed by atoms with E-state index in [0.29, 0.717) is 0 Å². The Kier molecular flexibility index (Phi) is 5.09. The SMILES string of the molecule is Cc1c2ccccc2c2c3cc(CC(C)(C)C)ccc3n3c4cc(CC5CCCC5)cc5cc[n+](C)c(c1c23)c54. The molecule has 0 atom stereocenters. The average molecular weight is 524 g/mol. The number of pyridine rings is 2. The Labute approximate surface area is 236 Å². The highest BCUT2D eigenvalue weighted by Crippen LogP contribution is 2.45. The van der Waals surface area contributed by atoms with Crippen LogP contribution in [-0.4, -0.2) is 4.40 Å². The Morgan fingerprint density at radius 1 is 0.800 bits per heavy atom. The van der Waals surface area contributed by atoms with Gasteiger partial charge in [0.05, 0.1) is 27.3 Å². The van der Waals surface area contributed by atoms with Gasteiger partial charge in [0.25, 0.3) is 0 Å². The number of rotatable bonds is 3. The molecule has 0 aliphatic heterocycles. The minimum absolute atomic E-state index is 0.245. The molecule has 3 heterocycles. The second-order valence-electron chi connectivity index (χ2n) is 13.9. The normalized spacial score (nSPS) is 15.3. The summed E-state index contributed by atoms with van der Waals surface area (Å²) in [5.41, 5.74) is 9.98. The van der Waals surface area contributed by atoms with E-state index in [1.54, 1.807) is 0 Å². The lowest BCUT2D eigenvalue weighted by atomic mass is 9.87. The molecule has 0 unspecified atom stereocenters. The molecule has 0 amide bonds. The van der Waals surface area contributed by atoms with Crippen molar-refractivity contribution in [1.82, 2.24) is 4.40 Å². The van der Waals surface area contributed by atoms with E-state index in [9.17, 15) is 0 Å². The molecule has 2 heteroatoms. The lowest BCUT2D eigenvalue weighted by Gasteiger charge is -2.18. The molecule has 1 aliphatic rings. The summed E-state index contributed by atoms with van der Waals surface area (Å²) in [6.45, 7) is 9.36. The van der Waals surface area contributed by atoms with Gasteiger partial charge in [-0.25, -0.2) is 4.57 Å². The van der Waals surface area contributed by atoms with Crippen molar-refractivity contribution in [3.63, 3.8) is 0 Å². The average Bonchev–Trinajstić information content (AvgIpc) is 3.55. The molecule has 8 rings (SSSR count). The number of fused-ring (bicyclic) bond motifs is 7. The molecule has 0 saturated heterocycles. The van der Waals surface area contributed by atoms with Crippen LogP contribution in [0.3, 0.4) is 0 Å². The van der Waals surface area contributed by atoms with Crippen LogP contribution in [0.2, 0.25) is 0 Å². The first-order chi connectivity index (χ1) is 19.3. The number of aryl methyl sites for hydroxylation is 2. The monoisotopic (exact) mass is 523 g/mol. The lowest BCUT2D eigenvalue weighted by molar-refractivity contribution is -0.643. The number of hydrogen-bond acceptors (Lipinski definition) is 0. The molecule has 2 nitrogen and oxygen atoms in total. The van der Waals surface area contributed by atoms with Crippen LogP contribution in [-0.2, 0) is 19.9 Å². The predicted octanol–water partition coefficient (Wildman–Crippen LogP) is 9.60. The van der Waals surface area contributed by atoms with Crippen LogP contribution in [0.4, 0.5) is 0 Å². The minimum atomic E-state index is 0.245. The Hall–Kier alpha value is -3.65. The highest BCUT2D eigenvalue weighted by molar-refractivity contribution is 6.33. The molecule has 7 aromatic rings. The third-order valence-corrected chi connectivity index (χ3v) is 9.73. The maximum Gasteiger partial charge on any atom is 0.224 e. The van der Waals surface area contributed by atoms with Gasteiger partial charge in [-0.05, 0) is 82.1 Å². The maximum absolute atomic E-state index is 2.63. The van der Waals surface area contributed by atoms with E-state index < -0.39 is 0 Å². The van der Waals surface area contributed by atoms with E-state index >= 15 is 0 Å². The Balaban J connectivity index is 1.61. The van der Waals surface area contributed by atoms with Crippen molar-refractivity contribution < 1.29 is 4.57 Å². The minimum Gasteiger partial charge on any atom is -0.307 e. The van der Waals surface area contributed by atoms with E-state index in [1.807, 2.05) is 0 Å². The predicted molar refractivity (Wildman–Crippen MR) is 171 cm³/mol. The second kappa shape index (κ2) is 8.43. The molecule has 3 aromatic heterocycles. The summed E-state index contributed by atoms with van der Waals surface area (Å²) < 4.78 is 5.00. The summed E-state index contributed by atoms with van der Waals surface area (Å²) in [6.07, 6.45) is 10.1. The van der Waals surface area contributed by atoms with Crippen molar-refractivity contribution in [2.45, 2.75) is 66.2 Å². The van der Waals surface area contributed by atoms with Crippen molar-refractivity contribution in [2.24, 2.45) is 18.4 Å². The molecule has 4 aromatic carbocycles. The van der Waals surface area contributed by atoms with Crippen LogP contribution in [0.15, 0.2) is 66.9 Å². The van der Waals surface area contributed by atoms with Crippen LogP contribution >= 0.6 is 0 Å². The molecule has 0 N–H and O–H groups in total. The molecular formula is C38H39N2+. The summed E-state index contributed by atoms with van der Waals surface area (Å²) in [4.78, 5) is 0. The molecule has 1 fully saturated rings. The fourth-order valence-electron chi connectivity index (χ4n) is 8.14. The molecule has 200 valence electrons. The van der Waals surface area contributed by atoms with Gasteiger partial charge in [-0.2, -0.15) is 0 Å². The highest BCUT2D eigenvalue weighted by Gasteiger charge is 2.27. The first-order valence-corrected chi connectivity index (χ1v) is 15.2. The second-order valence-corrected chi connectivity index (χ2v) is 13.9. The highest BCUT2D eigenvalue weighted by atomic mass is 15.0. The zero-order valence-electron chi connectivity index (χ0n) is 24.6. The third-order valence-electron chi connectivity index (χ3n) is 9.73.